The van der Waals surface area contributed by atoms with Crippen LogP contribution in [0, 0.1) is 11.6 Å². The number of benzene rings is 2. The summed E-state index contributed by atoms with van der Waals surface area (Å²) in [6.45, 7) is 0. The lowest BCUT2D eigenvalue weighted by Crippen LogP contribution is -2.29. The Morgan fingerprint density at radius 1 is 0.857 bits per heavy atom. The van der Waals surface area contributed by atoms with Crippen molar-refractivity contribution < 1.29 is 18.4 Å². The van der Waals surface area contributed by atoms with Crippen molar-refractivity contribution in [3.63, 3.8) is 0 Å². The van der Waals surface area contributed by atoms with Crippen molar-refractivity contribution in [1.29, 1.82) is 0 Å². The van der Waals surface area contributed by atoms with E-state index in [0.29, 0.717) is 10.7 Å². The Hall–Kier alpha value is -2.47. The van der Waals surface area contributed by atoms with E-state index in [0.717, 1.165) is 18.2 Å². The highest BCUT2D eigenvalue weighted by atomic mass is 35.5. The van der Waals surface area contributed by atoms with Crippen molar-refractivity contribution in [2.75, 3.05) is 10.6 Å². The first-order valence-electron chi connectivity index (χ1n) is 5.79. The molecule has 0 fully saturated rings. The summed E-state index contributed by atoms with van der Waals surface area (Å²) in [5.41, 5.74) is -0.345. The average molecular weight is 311 g/mol. The Morgan fingerprint density at radius 2 is 1.38 bits per heavy atom. The molecule has 108 valence electrons. The van der Waals surface area contributed by atoms with Crippen LogP contribution in [0.3, 0.4) is 0 Å². The van der Waals surface area contributed by atoms with Crippen molar-refractivity contribution in [2.45, 2.75) is 0 Å². The second-order valence-corrected chi connectivity index (χ2v) is 4.45. The van der Waals surface area contributed by atoms with Crippen molar-refractivity contribution in [3.8, 4) is 0 Å². The molecular weight excluding hydrogens is 302 g/mol. The van der Waals surface area contributed by atoms with Crippen LogP contribution in [0.5, 0.6) is 0 Å². The fraction of sp³-hybridized carbons (Fsp3) is 0. The van der Waals surface area contributed by atoms with E-state index in [2.05, 4.69) is 5.32 Å². The lowest BCUT2D eigenvalue weighted by Gasteiger charge is -2.08. The molecule has 4 nitrogen and oxygen atoms in total. The summed E-state index contributed by atoms with van der Waals surface area (Å²) in [5, 5.41) is 4.62. The molecule has 2 rings (SSSR count). The number of hydrogen-bond acceptors (Lipinski definition) is 2. The number of amides is 2. The van der Waals surface area contributed by atoms with Gasteiger partial charge >= 0.3 is 11.8 Å². The van der Waals surface area contributed by atoms with E-state index >= 15 is 0 Å². The first-order valence-corrected chi connectivity index (χ1v) is 6.17. The SMILES string of the molecule is O=C(Nc1ccc(Cl)cc1)C(=O)Nc1c(F)cccc1F. The van der Waals surface area contributed by atoms with Crippen LogP contribution in [0.2, 0.25) is 5.02 Å². The maximum absolute atomic E-state index is 13.3. The number of anilines is 2. The molecule has 0 heterocycles. The highest BCUT2D eigenvalue weighted by Crippen LogP contribution is 2.18. The van der Waals surface area contributed by atoms with Gasteiger partial charge in [-0.05, 0) is 36.4 Å². The molecule has 0 aromatic heterocycles. The molecular formula is C14H9ClF2N2O2. The predicted molar refractivity (Wildman–Crippen MR) is 75.1 cm³/mol. The molecule has 7 heteroatoms. The molecule has 2 N–H and O–H groups in total. The van der Waals surface area contributed by atoms with E-state index in [1.54, 1.807) is 0 Å². The van der Waals surface area contributed by atoms with E-state index in [1.807, 2.05) is 5.32 Å². The van der Waals surface area contributed by atoms with Gasteiger partial charge < -0.3 is 10.6 Å². The number of para-hydroxylation sites is 1. The monoisotopic (exact) mass is 310 g/mol. The highest BCUT2D eigenvalue weighted by Gasteiger charge is 2.18. The highest BCUT2D eigenvalue weighted by molar-refractivity contribution is 6.43. The number of nitrogens with one attached hydrogen (secondary N) is 2. The summed E-state index contributed by atoms with van der Waals surface area (Å²) in [6, 6.07) is 9.09. The third-order valence-corrected chi connectivity index (χ3v) is 2.76. The smallest absolute Gasteiger partial charge is 0.314 e. The number of rotatable bonds is 2. The average Bonchev–Trinajstić information content (AvgIpc) is 2.45. The van der Waals surface area contributed by atoms with Crippen LogP contribution in [-0.4, -0.2) is 11.8 Å². The molecule has 21 heavy (non-hydrogen) atoms. The van der Waals surface area contributed by atoms with Gasteiger partial charge in [0.05, 0.1) is 0 Å². The van der Waals surface area contributed by atoms with Gasteiger partial charge in [0.2, 0.25) is 0 Å². The zero-order valence-electron chi connectivity index (χ0n) is 10.5. The molecule has 2 amide bonds. The van der Waals surface area contributed by atoms with Crippen molar-refractivity contribution in [1.82, 2.24) is 0 Å². The molecule has 0 unspecified atom stereocenters. The van der Waals surface area contributed by atoms with Gasteiger partial charge in [-0.15, -0.1) is 0 Å². The zero-order chi connectivity index (χ0) is 15.4. The number of halogens is 3. The summed E-state index contributed by atoms with van der Waals surface area (Å²) in [5.74, 6) is -4.18. The van der Waals surface area contributed by atoms with Gasteiger partial charge in [-0.3, -0.25) is 9.59 Å². The Labute approximate surface area is 123 Å². The summed E-state index contributed by atoms with van der Waals surface area (Å²) < 4.78 is 26.7. The van der Waals surface area contributed by atoms with Crippen LogP contribution in [0.1, 0.15) is 0 Å². The summed E-state index contributed by atoms with van der Waals surface area (Å²) >= 11 is 5.68. The molecule has 0 saturated carbocycles. The zero-order valence-corrected chi connectivity index (χ0v) is 11.2. The maximum Gasteiger partial charge on any atom is 0.314 e. The molecule has 0 atom stereocenters. The number of carbonyl (C=O) groups excluding carboxylic acids is 2. The van der Waals surface area contributed by atoms with Gasteiger partial charge in [0.25, 0.3) is 0 Å². The molecule has 0 spiro atoms. The Kier molecular flexibility index (Phi) is 4.49. The van der Waals surface area contributed by atoms with Gasteiger partial charge in [0.1, 0.15) is 17.3 Å². The molecule has 0 aliphatic heterocycles. The molecule has 2 aromatic carbocycles. The minimum Gasteiger partial charge on any atom is -0.318 e. The first-order chi connectivity index (χ1) is 9.97. The second kappa shape index (κ2) is 6.32. The normalized spacial score (nSPS) is 10.0. The van der Waals surface area contributed by atoms with Crippen molar-refractivity contribution in [3.05, 3.63) is 59.1 Å². The van der Waals surface area contributed by atoms with Crippen LogP contribution in [0.25, 0.3) is 0 Å². The van der Waals surface area contributed by atoms with Crippen LogP contribution in [0.15, 0.2) is 42.5 Å². The van der Waals surface area contributed by atoms with Gasteiger partial charge in [-0.2, -0.15) is 0 Å². The van der Waals surface area contributed by atoms with E-state index in [4.69, 9.17) is 11.6 Å². The second-order valence-electron chi connectivity index (χ2n) is 4.01. The quantitative estimate of drug-likeness (QED) is 0.837. The van der Waals surface area contributed by atoms with E-state index in [9.17, 15) is 18.4 Å². The molecule has 0 radical (unpaired) electrons. The van der Waals surface area contributed by atoms with Crippen molar-refractivity contribution in [2.24, 2.45) is 0 Å². The summed E-state index contributed by atoms with van der Waals surface area (Å²) in [4.78, 5) is 23.2. The minimum atomic E-state index is -1.19. The molecule has 0 bridgehead atoms. The van der Waals surface area contributed by atoms with Crippen LogP contribution >= 0.6 is 11.6 Å². The van der Waals surface area contributed by atoms with E-state index < -0.39 is 29.1 Å². The van der Waals surface area contributed by atoms with Gasteiger partial charge in [0, 0.05) is 10.7 Å². The van der Waals surface area contributed by atoms with E-state index in [-0.39, 0.29) is 0 Å². The Morgan fingerprint density at radius 3 is 1.95 bits per heavy atom. The fourth-order valence-electron chi connectivity index (χ4n) is 1.51. The number of hydrogen-bond donors (Lipinski definition) is 2. The third kappa shape index (κ3) is 3.76. The molecule has 2 aromatic rings. The summed E-state index contributed by atoms with van der Waals surface area (Å²) in [6.07, 6.45) is 0. The third-order valence-electron chi connectivity index (χ3n) is 2.51. The number of carbonyl (C=O) groups is 2. The first kappa shape index (κ1) is 14.9. The largest absolute Gasteiger partial charge is 0.318 e. The van der Waals surface area contributed by atoms with E-state index in [1.165, 1.54) is 24.3 Å². The van der Waals surface area contributed by atoms with Gasteiger partial charge in [-0.1, -0.05) is 17.7 Å². The van der Waals surface area contributed by atoms with Gasteiger partial charge in [0.15, 0.2) is 0 Å². The molecule has 0 aliphatic rings. The lowest BCUT2D eigenvalue weighted by atomic mass is 10.3. The van der Waals surface area contributed by atoms with Crippen LogP contribution in [-0.2, 0) is 9.59 Å². The predicted octanol–water partition coefficient (Wildman–Crippen LogP) is 3.20. The topological polar surface area (TPSA) is 58.2 Å². The Bertz CT molecular complexity index is 670. The van der Waals surface area contributed by atoms with Gasteiger partial charge in [-0.25, -0.2) is 8.78 Å². The van der Waals surface area contributed by atoms with Crippen molar-refractivity contribution >= 4 is 34.8 Å². The fourth-order valence-corrected chi connectivity index (χ4v) is 1.63. The minimum absolute atomic E-state index is 0.327. The van der Waals surface area contributed by atoms with Crippen LogP contribution in [0.4, 0.5) is 20.2 Å². The van der Waals surface area contributed by atoms with Crippen LogP contribution < -0.4 is 10.6 Å². The summed E-state index contributed by atoms with van der Waals surface area (Å²) in [7, 11) is 0. The molecule has 0 aliphatic carbocycles. The Balaban J connectivity index is 2.06. The molecule has 0 saturated heterocycles. The maximum atomic E-state index is 13.3. The standard InChI is InChI=1S/C14H9ClF2N2O2/c15-8-4-6-9(7-5-8)18-13(20)14(21)19-12-10(16)2-1-3-11(12)17/h1-7H,(H,18,20)(H,19,21). The lowest BCUT2D eigenvalue weighted by molar-refractivity contribution is -0.133.